The number of nitrogens with zero attached hydrogens (tertiary/aromatic N) is 1. The fourth-order valence-electron chi connectivity index (χ4n) is 4.14. The Balaban J connectivity index is 1.30. The summed E-state index contributed by atoms with van der Waals surface area (Å²) in [5, 5.41) is 12.7. The highest BCUT2D eigenvalue weighted by Gasteiger charge is 2.18. The summed E-state index contributed by atoms with van der Waals surface area (Å²) in [5.74, 6) is 1.45. The van der Waals surface area contributed by atoms with Crippen molar-refractivity contribution in [1.82, 2.24) is 10.3 Å². The number of carboxylic acid groups (broad SMARTS) is 1. The van der Waals surface area contributed by atoms with Gasteiger partial charge >= 0.3 is 5.97 Å². The van der Waals surface area contributed by atoms with E-state index in [0.717, 1.165) is 22.6 Å². The lowest BCUT2D eigenvalue weighted by Gasteiger charge is -2.16. The summed E-state index contributed by atoms with van der Waals surface area (Å²) in [4.78, 5) is 29.0. The second kappa shape index (κ2) is 13.3. The van der Waals surface area contributed by atoms with E-state index in [4.69, 9.17) is 13.9 Å². The molecule has 1 heterocycles. The summed E-state index contributed by atoms with van der Waals surface area (Å²) < 4.78 is 16.8. The van der Waals surface area contributed by atoms with Crippen molar-refractivity contribution in [1.29, 1.82) is 0 Å². The molecular formula is C32H32N2O6. The maximum Gasteiger partial charge on any atom is 0.326 e. The molecule has 4 aromatic rings. The third-order valence-corrected chi connectivity index (χ3v) is 6.31. The maximum atomic E-state index is 12.5. The minimum atomic E-state index is -1.01. The van der Waals surface area contributed by atoms with Crippen LogP contribution < -0.4 is 14.8 Å². The Morgan fingerprint density at radius 3 is 2.33 bits per heavy atom. The monoisotopic (exact) mass is 540 g/mol. The van der Waals surface area contributed by atoms with Gasteiger partial charge in [-0.15, -0.1) is 0 Å². The van der Waals surface area contributed by atoms with Crippen molar-refractivity contribution < 1.29 is 28.6 Å². The fraction of sp³-hybridized carbons (Fsp3) is 0.219. The van der Waals surface area contributed by atoms with Crippen LogP contribution in [0.4, 0.5) is 0 Å². The summed E-state index contributed by atoms with van der Waals surface area (Å²) in [6, 6.07) is 22.9. The zero-order valence-corrected chi connectivity index (χ0v) is 22.7. The van der Waals surface area contributed by atoms with E-state index >= 15 is 0 Å². The van der Waals surface area contributed by atoms with Gasteiger partial charge in [-0.1, -0.05) is 30.3 Å². The second-order valence-corrected chi connectivity index (χ2v) is 9.29. The Labute approximate surface area is 233 Å². The van der Waals surface area contributed by atoms with Gasteiger partial charge in [0.1, 0.15) is 23.3 Å². The Kier molecular flexibility index (Phi) is 9.35. The van der Waals surface area contributed by atoms with E-state index in [-0.39, 0.29) is 12.2 Å². The van der Waals surface area contributed by atoms with Gasteiger partial charge in [0.25, 0.3) is 0 Å². The van der Waals surface area contributed by atoms with Gasteiger partial charge in [-0.2, -0.15) is 0 Å². The van der Waals surface area contributed by atoms with E-state index < -0.39 is 12.0 Å². The molecule has 0 aliphatic heterocycles. The van der Waals surface area contributed by atoms with Crippen molar-refractivity contribution in [2.45, 2.75) is 32.7 Å². The zero-order chi connectivity index (χ0) is 28.5. The summed E-state index contributed by atoms with van der Waals surface area (Å²) in [7, 11) is 1.56. The van der Waals surface area contributed by atoms with Gasteiger partial charge in [-0.25, -0.2) is 9.78 Å². The molecule has 4 rings (SSSR count). The van der Waals surface area contributed by atoms with Gasteiger partial charge in [0.2, 0.25) is 5.89 Å². The van der Waals surface area contributed by atoms with Crippen molar-refractivity contribution in [3.05, 3.63) is 113 Å². The van der Waals surface area contributed by atoms with E-state index in [0.29, 0.717) is 41.7 Å². The van der Waals surface area contributed by atoms with Crippen LogP contribution in [0.2, 0.25) is 0 Å². The number of aromatic nitrogens is 1. The highest BCUT2D eigenvalue weighted by Crippen LogP contribution is 2.22. The van der Waals surface area contributed by atoms with E-state index in [1.54, 1.807) is 38.3 Å². The predicted octanol–water partition coefficient (Wildman–Crippen LogP) is 5.65. The Morgan fingerprint density at radius 2 is 1.68 bits per heavy atom. The number of ketones is 1. The van der Waals surface area contributed by atoms with E-state index in [1.165, 1.54) is 6.08 Å². The molecule has 0 aliphatic carbocycles. The van der Waals surface area contributed by atoms with Crippen LogP contribution in [-0.2, 0) is 17.6 Å². The normalized spacial score (nSPS) is 12.0. The highest BCUT2D eigenvalue weighted by molar-refractivity contribution is 6.04. The van der Waals surface area contributed by atoms with Gasteiger partial charge in [0.05, 0.1) is 19.4 Å². The SMILES string of the molecule is COc1ccc(C(=O)/C=C(\C)N[C@@H](Cc2ccc(OCCc3nc(-c4ccccc4)oc3C)cc2)C(=O)O)cc1. The molecule has 2 N–H and O–H groups in total. The number of carbonyl (C=O) groups is 2. The first kappa shape index (κ1) is 28.2. The topological polar surface area (TPSA) is 111 Å². The first-order valence-electron chi connectivity index (χ1n) is 12.9. The number of benzene rings is 3. The molecule has 0 unspecified atom stereocenters. The largest absolute Gasteiger partial charge is 0.497 e. The van der Waals surface area contributed by atoms with E-state index in [1.807, 2.05) is 61.5 Å². The standard InChI is InChI=1S/C32H32N2O6/c1-21(19-30(35)24-11-15-26(38-3)16-12-24)33-29(32(36)37)20-23-9-13-27(14-10-23)39-18-17-28-22(2)40-31(34-28)25-7-5-4-6-8-25/h4-16,19,29,33H,17-18,20H2,1-3H3,(H,36,37)/b21-19+/t29-/m0/s1. The maximum absolute atomic E-state index is 12.5. The lowest BCUT2D eigenvalue weighted by atomic mass is 10.0. The second-order valence-electron chi connectivity index (χ2n) is 9.29. The van der Waals surface area contributed by atoms with Crippen LogP contribution in [0, 0.1) is 6.92 Å². The summed E-state index contributed by atoms with van der Waals surface area (Å²) in [6.45, 7) is 3.99. The molecule has 1 atom stereocenters. The highest BCUT2D eigenvalue weighted by atomic mass is 16.5. The van der Waals surface area contributed by atoms with E-state index in [9.17, 15) is 14.7 Å². The molecule has 0 spiro atoms. The number of rotatable bonds is 13. The molecule has 8 nitrogen and oxygen atoms in total. The lowest BCUT2D eigenvalue weighted by Crippen LogP contribution is -2.37. The first-order chi connectivity index (χ1) is 19.3. The molecule has 40 heavy (non-hydrogen) atoms. The van der Waals surface area contributed by atoms with Crippen molar-refractivity contribution in [2.75, 3.05) is 13.7 Å². The molecule has 0 aliphatic rings. The first-order valence-corrected chi connectivity index (χ1v) is 12.9. The van der Waals surface area contributed by atoms with Gasteiger partial charge in [0.15, 0.2) is 5.78 Å². The number of aryl methyl sites for hydroxylation is 1. The van der Waals surface area contributed by atoms with Gasteiger partial charge < -0.3 is 24.3 Å². The molecule has 3 aromatic carbocycles. The zero-order valence-electron chi connectivity index (χ0n) is 22.7. The number of aliphatic carboxylic acids is 1. The minimum absolute atomic E-state index is 0.226. The number of carboxylic acids is 1. The molecule has 206 valence electrons. The van der Waals surface area contributed by atoms with E-state index in [2.05, 4.69) is 10.3 Å². The van der Waals surface area contributed by atoms with Crippen LogP contribution in [0.5, 0.6) is 11.5 Å². The van der Waals surface area contributed by atoms with Crippen molar-refractivity contribution in [3.63, 3.8) is 0 Å². The Morgan fingerprint density at radius 1 is 1.00 bits per heavy atom. The number of hydrogen-bond acceptors (Lipinski definition) is 7. The van der Waals surface area contributed by atoms with Crippen LogP contribution in [0.25, 0.3) is 11.5 Å². The van der Waals surface area contributed by atoms with Crippen LogP contribution in [0.3, 0.4) is 0 Å². The number of oxazole rings is 1. The number of hydrogen-bond donors (Lipinski definition) is 2. The number of methoxy groups -OCH3 is 1. The quantitative estimate of drug-likeness (QED) is 0.165. The third-order valence-electron chi connectivity index (χ3n) is 6.31. The van der Waals surface area contributed by atoms with Crippen molar-refractivity contribution in [2.24, 2.45) is 0 Å². The molecule has 8 heteroatoms. The third kappa shape index (κ3) is 7.60. The molecular weight excluding hydrogens is 508 g/mol. The van der Waals surface area contributed by atoms with Crippen molar-refractivity contribution in [3.8, 4) is 23.0 Å². The predicted molar refractivity (Wildman–Crippen MR) is 152 cm³/mol. The minimum Gasteiger partial charge on any atom is -0.497 e. The number of nitrogens with one attached hydrogen (secondary N) is 1. The smallest absolute Gasteiger partial charge is 0.326 e. The van der Waals surface area contributed by atoms with Crippen molar-refractivity contribution >= 4 is 11.8 Å². The van der Waals surface area contributed by atoms with Crippen LogP contribution >= 0.6 is 0 Å². The summed E-state index contributed by atoms with van der Waals surface area (Å²) in [5.41, 5.74) is 3.55. The molecule has 0 radical (unpaired) electrons. The average molecular weight is 541 g/mol. The Hall–Kier alpha value is -4.85. The van der Waals surface area contributed by atoms with Crippen LogP contribution in [-0.4, -0.2) is 41.6 Å². The molecule has 0 bridgehead atoms. The number of allylic oxidation sites excluding steroid dienone is 2. The van der Waals surface area contributed by atoms with Crippen LogP contribution in [0.1, 0.15) is 34.3 Å². The van der Waals surface area contributed by atoms with Gasteiger partial charge in [-0.3, -0.25) is 4.79 Å². The summed E-state index contributed by atoms with van der Waals surface area (Å²) in [6.07, 6.45) is 2.22. The summed E-state index contributed by atoms with van der Waals surface area (Å²) >= 11 is 0. The van der Waals surface area contributed by atoms with Gasteiger partial charge in [0, 0.05) is 35.7 Å². The molecule has 1 aromatic heterocycles. The molecule has 0 saturated carbocycles. The number of carbonyl (C=O) groups excluding carboxylic acids is 1. The average Bonchev–Trinajstić information content (AvgIpc) is 3.34. The molecule has 0 fully saturated rings. The Bertz CT molecular complexity index is 1460. The molecule has 0 saturated heterocycles. The molecule has 0 amide bonds. The van der Waals surface area contributed by atoms with Gasteiger partial charge in [-0.05, 0) is 67.9 Å². The van der Waals surface area contributed by atoms with Crippen LogP contribution in [0.15, 0.2) is 95.1 Å². The number of ether oxygens (including phenoxy) is 2. The lowest BCUT2D eigenvalue weighted by molar-refractivity contribution is -0.139. The fourth-order valence-corrected chi connectivity index (χ4v) is 4.14.